The zero-order chi connectivity index (χ0) is 39.4. The molecule has 9 aromatic rings. The topological polar surface area (TPSA) is 48.5 Å². The number of hydrogen-bond donors (Lipinski definition) is 0. The van der Waals surface area contributed by atoms with Crippen LogP contribution in [0.3, 0.4) is 0 Å². The average molecular weight is 748 g/mol. The predicted octanol–water partition coefficient (Wildman–Crippen LogP) is 13.6. The molecule has 0 bridgehead atoms. The number of nitrogens with zero attached hydrogens (tertiary/aromatic N) is 5. The van der Waals surface area contributed by atoms with Gasteiger partial charge in [0.05, 0.1) is 27.8 Å². The highest BCUT2D eigenvalue weighted by Crippen LogP contribution is 2.37. The van der Waals surface area contributed by atoms with Crippen molar-refractivity contribution in [3.05, 3.63) is 218 Å². The van der Waals surface area contributed by atoms with Crippen LogP contribution in [0.4, 0.5) is 0 Å². The van der Waals surface area contributed by atoms with Crippen molar-refractivity contribution in [3.8, 4) is 22.9 Å². The van der Waals surface area contributed by atoms with Gasteiger partial charge in [0.25, 0.3) is 0 Å². The van der Waals surface area contributed by atoms with Crippen molar-refractivity contribution in [1.29, 1.82) is 0 Å². The van der Waals surface area contributed by atoms with Crippen LogP contribution in [0.2, 0.25) is 0 Å². The highest BCUT2D eigenvalue weighted by molar-refractivity contribution is 6.10. The molecule has 0 saturated heterocycles. The molecule has 0 spiro atoms. The molecule has 0 fully saturated rings. The van der Waals surface area contributed by atoms with E-state index < -0.39 is 0 Å². The summed E-state index contributed by atoms with van der Waals surface area (Å²) in [6.45, 7) is 8.37. The van der Waals surface area contributed by atoms with E-state index in [2.05, 4.69) is 192 Å². The second-order valence-electron chi connectivity index (χ2n) is 14.0. The fourth-order valence-corrected chi connectivity index (χ4v) is 7.93. The molecule has 58 heavy (non-hydrogen) atoms. The maximum Gasteiger partial charge on any atom is 0.235 e. The summed E-state index contributed by atoms with van der Waals surface area (Å²) in [4.78, 5) is 14.9. The van der Waals surface area contributed by atoms with Crippen LogP contribution in [0.15, 0.2) is 201 Å². The minimum absolute atomic E-state index is 0.606. The van der Waals surface area contributed by atoms with Gasteiger partial charge in [0.1, 0.15) is 11.2 Å². The Morgan fingerprint density at radius 2 is 1.33 bits per heavy atom. The van der Waals surface area contributed by atoms with Crippen LogP contribution in [0.25, 0.3) is 83.9 Å². The van der Waals surface area contributed by atoms with E-state index in [1.165, 1.54) is 16.5 Å². The molecule has 4 aromatic heterocycles. The quantitative estimate of drug-likeness (QED) is 0.131. The highest BCUT2D eigenvalue weighted by Gasteiger charge is 2.20. The molecule has 0 unspecified atom stereocenters. The zero-order valence-electron chi connectivity index (χ0n) is 32.5. The monoisotopic (exact) mass is 747 g/mol. The Balaban J connectivity index is 1.10. The minimum atomic E-state index is 0.606. The SMILES string of the molecule is C=C\C(=C/C=C/C=C/c1c(C(/C=C\C)=C/C)n(-c2ccccc2)c2ccccc12)c1ccc2c(c1)c1ccccc1n2-c1nc(-c2ccccc2)c2ncccc2n1. The fraction of sp³-hybridized carbons (Fsp3) is 0.0377. The lowest BCUT2D eigenvalue weighted by atomic mass is 10.0. The largest absolute Gasteiger partial charge is 0.309 e. The molecule has 0 N–H and O–H groups in total. The van der Waals surface area contributed by atoms with Crippen LogP contribution in [0.1, 0.15) is 30.7 Å². The first-order chi connectivity index (χ1) is 28.7. The number of hydrogen-bond acceptors (Lipinski definition) is 3. The third-order valence-electron chi connectivity index (χ3n) is 10.5. The van der Waals surface area contributed by atoms with Crippen molar-refractivity contribution in [1.82, 2.24) is 24.1 Å². The molecule has 0 atom stereocenters. The van der Waals surface area contributed by atoms with Crippen LogP contribution < -0.4 is 0 Å². The van der Waals surface area contributed by atoms with E-state index in [0.717, 1.165) is 72.2 Å². The van der Waals surface area contributed by atoms with Gasteiger partial charge in [-0.3, -0.25) is 9.55 Å². The number of para-hydroxylation sites is 3. The van der Waals surface area contributed by atoms with Crippen molar-refractivity contribution >= 4 is 61.0 Å². The highest BCUT2D eigenvalue weighted by atomic mass is 15.2. The van der Waals surface area contributed by atoms with Gasteiger partial charge in [0.2, 0.25) is 5.95 Å². The van der Waals surface area contributed by atoms with Gasteiger partial charge in [-0.1, -0.05) is 152 Å². The third kappa shape index (κ3) is 6.49. The molecule has 4 heterocycles. The summed E-state index contributed by atoms with van der Waals surface area (Å²) in [5.74, 6) is 0.606. The maximum atomic E-state index is 5.17. The van der Waals surface area contributed by atoms with E-state index in [0.29, 0.717) is 5.95 Å². The summed E-state index contributed by atoms with van der Waals surface area (Å²) in [7, 11) is 0. The molecule has 0 saturated carbocycles. The summed E-state index contributed by atoms with van der Waals surface area (Å²) < 4.78 is 4.52. The molecule has 0 amide bonds. The predicted molar refractivity (Wildman–Crippen MR) is 245 cm³/mol. The van der Waals surface area contributed by atoms with Crippen LogP contribution in [0.5, 0.6) is 0 Å². The van der Waals surface area contributed by atoms with Gasteiger partial charge < -0.3 is 4.57 Å². The van der Waals surface area contributed by atoms with Gasteiger partial charge in [-0.2, -0.15) is 0 Å². The van der Waals surface area contributed by atoms with Gasteiger partial charge >= 0.3 is 0 Å². The van der Waals surface area contributed by atoms with Crippen molar-refractivity contribution in [2.75, 3.05) is 0 Å². The van der Waals surface area contributed by atoms with E-state index in [-0.39, 0.29) is 0 Å². The van der Waals surface area contributed by atoms with E-state index in [9.17, 15) is 0 Å². The van der Waals surface area contributed by atoms with Crippen molar-refractivity contribution in [3.63, 3.8) is 0 Å². The summed E-state index contributed by atoms with van der Waals surface area (Å²) >= 11 is 0. The van der Waals surface area contributed by atoms with Crippen LogP contribution in [0, 0.1) is 0 Å². The molecular formula is C53H41N5. The Bertz CT molecular complexity index is 3140. The lowest BCUT2D eigenvalue weighted by Gasteiger charge is -2.13. The fourth-order valence-electron chi connectivity index (χ4n) is 7.93. The average Bonchev–Trinajstić information content (AvgIpc) is 3.79. The Morgan fingerprint density at radius 1 is 0.621 bits per heavy atom. The summed E-state index contributed by atoms with van der Waals surface area (Å²) in [5, 5.41) is 3.44. The summed E-state index contributed by atoms with van der Waals surface area (Å²) in [6.07, 6.45) is 20.8. The first-order valence-electron chi connectivity index (χ1n) is 19.6. The number of fused-ring (bicyclic) bond motifs is 5. The molecule has 5 nitrogen and oxygen atoms in total. The first kappa shape index (κ1) is 36.0. The molecule has 278 valence electrons. The second-order valence-corrected chi connectivity index (χ2v) is 14.0. The zero-order valence-corrected chi connectivity index (χ0v) is 32.5. The molecule has 0 aliphatic carbocycles. The molecule has 0 aliphatic heterocycles. The second kappa shape index (κ2) is 15.8. The maximum absolute atomic E-state index is 5.17. The van der Waals surface area contributed by atoms with Gasteiger partial charge in [0.15, 0.2) is 0 Å². The lowest BCUT2D eigenvalue weighted by molar-refractivity contribution is 1.01. The van der Waals surface area contributed by atoms with Crippen LogP contribution >= 0.6 is 0 Å². The Hall–Kier alpha value is -7.63. The smallest absolute Gasteiger partial charge is 0.235 e. The Labute approximate surface area is 338 Å². The van der Waals surface area contributed by atoms with Crippen LogP contribution in [-0.4, -0.2) is 24.1 Å². The Morgan fingerprint density at radius 3 is 2.09 bits per heavy atom. The van der Waals surface area contributed by atoms with Crippen molar-refractivity contribution in [2.45, 2.75) is 13.8 Å². The Kier molecular flexibility index (Phi) is 9.85. The minimum Gasteiger partial charge on any atom is -0.309 e. The number of pyridine rings is 1. The number of aromatic nitrogens is 5. The molecule has 0 radical (unpaired) electrons. The van der Waals surface area contributed by atoms with Gasteiger partial charge in [-0.05, 0) is 79.1 Å². The van der Waals surface area contributed by atoms with E-state index >= 15 is 0 Å². The summed E-state index contributed by atoms with van der Waals surface area (Å²) in [5.41, 5.74) is 13.3. The van der Waals surface area contributed by atoms with Gasteiger partial charge in [-0.15, -0.1) is 0 Å². The lowest BCUT2D eigenvalue weighted by Crippen LogP contribution is -2.04. The van der Waals surface area contributed by atoms with E-state index in [4.69, 9.17) is 9.97 Å². The molecule has 5 aromatic carbocycles. The van der Waals surface area contributed by atoms with Gasteiger partial charge in [0, 0.05) is 39.2 Å². The van der Waals surface area contributed by atoms with Crippen molar-refractivity contribution < 1.29 is 0 Å². The number of rotatable bonds is 10. The molecular weight excluding hydrogens is 707 g/mol. The van der Waals surface area contributed by atoms with E-state index in [1.54, 1.807) is 6.20 Å². The first-order valence-corrected chi connectivity index (χ1v) is 19.6. The number of benzene rings is 5. The van der Waals surface area contributed by atoms with E-state index in [1.807, 2.05) is 36.4 Å². The molecule has 0 aliphatic rings. The van der Waals surface area contributed by atoms with Crippen molar-refractivity contribution in [2.24, 2.45) is 0 Å². The molecule has 9 rings (SSSR count). The number of allylic oxidation sites excluding steroid dienone is 10. The molecule has 5 heteroatoms. The van der Waals surface area contributed by atoms with Crippen LogP contribution in [-0.2, 0) is 0 Å². The summed E-state index contributed by atoms with van der Waals surface area (Å²) in [6, 6.07) is 48.3. The normalized spacial score (nSPS) is 12.7. The third-order valence-corrected chi connectivity index (χ3v) is 10.5. The standard InChI is InChI=1S/C53H41N5/c1-4-21-38(6-3)52-44(42-27-16-18-31-47(42)57(52)41-25-13-9-14-26-41)29-15-8-10-22-37(5-2)40-33-34-49-45(36-40)43-28-17-19-32-48(43)58(49)53-55-46-30-20-35-54-51(46)50(56-53)39-23-11-7-12-24-39/h4-36H,2H2,1,3H3/b10-8+,21-4-,29-15+,37-22+,38-6+. The van der Waals surface area contributed by atoms with Gasteiger partial charge in [-0.25, -0.2) is 9.97 Å².